The molecule has 1 nitrogen and oxygen atoms in total. The maximum atomic E-state index is 3.82. The van der Waals surface area contributed by atoms with Gasteiger partial charge in [0.25, 0.3) is 0 Å². The Hall–Kier alpha value is -0.460. The molecule has 0 radical (unpaired) electrons. The Bertz CT molecular complexity index is 161. The molecule has 1 N–H and O–H groups in total. The predicted molar refractivity (Wildman–Crippen MR) is 65.2 cm³/mol. The van der Waals surface area contributed by atoms with Gasteiger partial charge in [-0.3, -0.25) is 0 Å². The molecule has 84 valence electrons. The van der Waals surface area contributed by atoms with Gasteiger partial charge in [-0.1, -0.05) is 34.3 Å². The monoisotopic (exact) mass is 197 g/mol. The third kappa shape index (κ3) is 6.06. The van der Waals surface area contributed by atoms with E-state index in [1.807, 2.05) is 6.92 Å². The third-order valence-electron chi connectivity index (χ3n) is 3.21. The maximum Gasteiger partial charge on any atom is 0.0143 e. The van der Waals surface area contributed by atoms with Crippen molar-refractivity contribution < 1.29 is 0 Å². The van der Waals surface area contributed by atoms with E-state index in [1.165, 1.54) is 12.8 Å². The molecule has 0 aromatic rings. The fourth-order valence-corrected chi connectivity index (χ4v) is 1.65. The summed E-state index contributed by atoms with van der Waals surface area (Å²) in [7, 11) is 0. The molecule has 0 saturated carbocycles. The van der Waals surface area contributed by atoms with Crippen molar-refractivity contribution in [1.82, 2.24) is 5.32 Å². The summed E-state index contributed by atoms with van der Waals surface area (Å²) < 4.78 is 0. The fourth-order valence-electron chi connectivity index (χ4n) is 1.65. The molecule has 0 aromatic heterocycles. The molecule has 0 aromatic carbocycles. The Morgan fingerprint density at radius 2 is 1.79 bits per heavy atom. The molecule has 0 spiro atoms. The average Bonchev–Trinajstić information content (AvgIpc) is 2.10. The minimum absolute atomic E-state index is 0.805. The fraction of sp³-hybridized carbons (Fsp3) is 0.846. The topological polar surface area (TPSA) is 12.0 Å². The molecule has 0 rings (SSSR count). The standard InChI is InChI=1S/C13H27N/c1-10(2)13(6)12(5)8-7-9-14-11(3)4/h10,12-14H,3,7-9H2,1-2,4-6H3. The highest BCUT2D eigenvalue weighted by Crippen LogP contribution is 2.23. The maximum absolute atomic E-state index is 3.82. The van der Waals surface area contributed by atoms with E-state index in [2.05, 4.69) is 39.6 Å². The zero-order chi connectivity index (χ0) is 11.1. The summed E-state index contributed by atoms with van der Waals surface area (Å²) >= 11 is 0. The van der Waals surface area contributed by atoms with E-state index in [0.29, 0.717) is 0 Å². The van der Waals surface area contributed by atoms with Gasteiger partial charge in [0, 0.05) is 12.2 Å². The molecule has 14 heavy (non-hydrogen) atoms. The average molecular weight is 197 g/mol. The lowest BCUT2D eigenvalue weighted by molar-refractivity contribution is 0.277. The van der Waals surface area contributed by atoms with E-state index in [0.717, 1.165) is 30.0 Å². The number of nitrogens with one attached hydrogen (secondary N) is 1. The number of rotatable bonds is 7. The lowest BCUT2D eigenvalue weighted by Crippen LogP contribution is -2.17. The Labute approximate surface area is 90.0 Å². The van der Waals surface area contributed by atoms with E-state index in [9.17, 15) is 0 Å². The normalized spacial score (nSPS) is 15.3. The smallest absolute Gasteiger partial charge is 0.0143 e. The SMILES string of the molecule is C=C(C)NCCCC(C)C(C)C(C)C. The minimum atomic E-state index is 0.805. The summed E-state index contributed by atoms with van der Waals surface area (Å²) in [5.74, 6) is 2.47. The second-order valence-electron chi connectivity index (χ2n) is 4.93. The zero-order valence-corrected chi connectivity index (χ0v) is 10.6. The van der Waals surface area contributed by atoms with E-state index in [1.54, 1.807) is 0 Å². The van der Waals surface area contributed by atoms with Gasteiger partial charge < -0.3 is 5.32 Å². The van der Waals surface area contributed by atoms with Gasteiger partial charge in [0.15, 0.2) is 0 Å². The predicted octanol–water partition coefficient (Wildman–Crippen LogP) is 3.82. The van der Waals surface area contributed by atoms with Crippen molar-refractivity contribution in [2.75, 3.05) is 6.54 Å². The molecule has 0 aliphatic carbocycles. The zero-order valence-electron chi connectivity index (χ0n) is 10.6. The molecule has 0 aliphatic rings. The third-order valence-corrected chi connectivity index (χ3v) is 3.21. The van der Waals surface area contributed by atoms with E-state index >= 15 is 0 Å². The summed E-state index contributed by atoms with van der Waals surface area (Å²) in [6.45, 7) is 16.3. The summed E-state index contributed by atoms with van der Waals surface area (Å²) in [4.78, 5) is 0. The quantitative estimate of drug-likeness (QED) is 0.612. The molecule has 0 heterocycles. The molecule has 0 fully saturated rings. The first-order valence-electron chi connectivity index (χ1n) is 5.84. The molecule has 0 aliphatic heterocycles. The van der Waals surface area contributed by atoms with Gasteiger partial charge in [-0.05, 0) is 37.5 Å². The molecular formula is C13H27N. The van der Waals surface area contributed by atoms with Crippen molar-refractivity contribution in [1.29, 1.82) is 0 Å². The Morgan fingerprint density at radius 1 is 1.21 bits per heavy atom. The lowest BCUT2D eigenvalue weighted by Gasteiger charge is -2.23. The van der Waals surface area contributed by atoms with Gasteiger partial charge in [0.1, 0.15) is 0 Å². The van der Waals surface area contributed by atoms with Crippen LogP contribution in [-0.2, 0) is 0 Å². The second kappa shape index (κ2) is 6.92. The number of allylic oxidation sites excluding steroid dienone is 1. The van der Waals surface area contributed by atoms with Crippen LogP contribution in [-0.4, -0.2) is 6.54 Å². The summed E-state index contributed by atoms with van der Waals surface area (Å²) in [5, 5.41) is 3.27. The van der Waals surface area contributed by atoms with Gasteiger partial charge in [-0.2, -0.15) is 0 Å². The van der Waals surface area contributed by atoms with Gasteiger partial charge in [0.2, 0.25) is 0 Å². The Morgan fingerprint density at radius 3 is 2.21 bits per heavy atom. The summed E-state index contributed by atoms with van der Waals surface area (Å²) in [6.07, 6.45) is 2.57. The van der Waals surface area contributed by atoms with Crippen molar-refractivity contribution in [3.63, 3.8) is 0 Å². The molecular weight excluding hydrogens is 170 g/mol. The van der Waals surface area contributed by atoms with Crippen LogP contribution >= 0.6 is 0 Å². The molecule has 0 bridgehead atoms. The summed E-state index contributed by atoms with van der Waals surface area (Å²) in [6, 6.07) is 0. The van der Waals surface area contributed by atoms with Crippen LogP contribution in [0.5, 0.6) is 0 Å². The van der Waals surface area contributed by atoms with Crippen molar-refractivity contribution in [2.24, 2.45) is 17.8 Å². The number of hydrogen-bond donors (Lipinski definition) is 1. The molecule has 2 atom stereocenters. The lowest BCUT2D eigenvalue weighted by atomic mass is 9.83. The number of hydrogen-bond acceptors (Lipinski definition) is 1. The van der Waals surface area contributed by atoms with Crippen LogP contribution in [0.25, 0.3) is 0 Å². The van der Waals surface area contributed by atoms with Crippen LogP contribution in [0.3, 0.4) is 0 Å². The molecule has 1 heteroatoms. The van der Waals surface area contributed by atoms with Crippen LogP contribution in [0, 0.1) is 17.8 Å². The highest BCUT2D eigenvalue weighted by Gasteiger charge is 2.14. The molecule has 0 saturated heterocycles. The molecule has 2 unspecified atom stereocenters. The van der Waals surface area contributed by atoms with Gasteiger partial charge in [-0.25, -0.2) is 0 Å². The van der Waals surface area contributed by atoms with Crippen LogP contribution in [0.1, 0.15) is 47.5 Å². The van der Waals surface area contributed by atoms with Crippen molar-refractivity contribution >= 4 is 0 Å². The first-order valence-corrected chi connectivity index (χ1v) is 5.84. The van der Waals surface area contributed by atoms with Crippen molar-refractivity contribution in [3.8, 4) is 0 Å². The first kappa shape index (κ1) is 13.5. The highest BCUT2D eigenvalue weighted by atomic mass is 14.9. The van der Waals surface area contributed by atoms with E-state index in [4.69, 9.17) is 0 Å². The Balaban J connectivity index is 3.53. The summed E-state index contributed by atoms with van der Waals surface area (Å²) in [5.41, 5.74) is 1.08. The minimum Gasteiger partial charge on any atom is -0.389 e. The van der Waals surface area contributed by atoms with Crippen LogP contribution in [0.4, 0.5) is 0 Å². The largest absolute Gasteiger partial charge is 0.389 e. The van der Waals surface area contributed by atoms with Crippen LogP contribution in [0.15, 0.2) is 12.3 Å². The Kier molecular flexibility index (Phi) is 6.69. The van der Waals surface area contributed by atoms with Gasteiger partial charge in [-0.15, -0.1) is 0 Å². The van der Waals surface area contributed by atoms with Gasteiger partial charge in [0.05, 0.1) is 0 Å². The van der Waals surface area contributed by atoms with Crippen LogP contribution < -0.4 is 5.32 Å². The first-order chi connectivity index (χ1) is 6.45. The second-order valence-corrected chi connectivity index (χ2v) is 4.93. The van der Waals surface area contributed by atoms with E-state index in [-0.39, 0.29) is 0 Å². The highest BCUT2D eigenvalue weighted by molar-refractivity contribution is 4.83. The van der Waals surface area contributed by atoms with Crippen molar-refractivity contribution in [3.05, 3.63) is 12.3 Å². The molecule has 0 amide bonds. The van der Waals surface area contributed by atoms with Crippen LogP contribution in [0.2, 0.25) is 0 Å². The van der Waals surface area contributed by atoms with E-state index < -0.39 is 0 Å². The van der Waals surface area contributed by atoms with Crippen molar-refractivity contribution in [2.45, 2.75) is 47.5 Å². The van der Waals surface area contributed by atoms with Gasteiger partial charge >= 0.3 is 0 Å².